The van der Waals surface area contributed by atoms with Gasteiger partial charge >= 0.3 is 0 Å². The van der Waals surface area contributed by atoms with Gasteiger partial charge in [-0.3, -0.25) is 0 Å². The predicted molar refractivity (Wildman–Crippen MR) is 63.9 cm³/mol. The lowest BCUT2D eigenvalue weighted by atomic mass is 10.1. The molecule has 3 heteroatoms. The van der Waals surface area contributed by atoms with Crippen LogP contribution in [0.3, 0.4) is 0 Å². The lowest BCUT2D eigenvalue weighted by molar-refractivity contribution is 0.652. The van der Waals surface area contributed by atoms with Gasteiger partial charge in [0.1, 0.15) is 0 Å². The Morgan fingerprint density at radius 3 is 2.92 bits per heavy atom. The molecule has 0 bridgehead atoms. The maximum absolute atomic E-state index is 13.3. The van der Waals surface area contributed by atoms with Gasteiger partial charge in [0.05, 0.1) is 3.57 Å². The number of rotatable bonds is 1. The Labute approximate surface area is 93.9 Å². The van der Waals surface area contributed by atoms with Crippen molar-refractivity contribution in [3.05, 3.63) is 32.5 Å². The average Bonchev–Trinajstić information content (AvgIpc) is 2.43. The van der Waals surface area contributed by atoms with Gasteiger partial charge in [-0.2, -0.15) is 4.39 Å². The largest absolute Gasteiger partial charge is 0.194 e. The van der Waals surface area contributed by atoms with Gasteiger partial charge in [-0.15, -0.1) is 11.3 Å². The molecule has 0 N–H and O–H groups in total. The molecule has 0 saturated carbocycles. The number of fused-ring (bicyclic) bond motifs is 1. The monoisotopic (exact) mass is 306 g/mol. The zero-order chi connectivity index (χ0) is 9.42. The van der Waals surface area contributed by atoms with E-state index in [2.05, 4.69) is 35.6 Å². The summed E-state index contributed by atoms with van der Waals surface area (Å²) in [6.07, 6.45) is 0.966. The van der Waals surface area contributed by atoms with Crippen LogP contribution in [-0.4, -0.2) is 0 Å². The Balaban J connectivity index is 2.84. The van der Waals surface area contributed by atoms with Crippen molar-refractivity contribution in [1.82, 2.24) is 0 Å². The van der Waals surface area contributed by atoms with Crippen LogP contribution in [0.1, 0.15) is 12.5 Å². The van der Waals surface area contributed by atoms with Crippen LogP contribution in [0, 0.1) is 8.70 Å². The minimum atomic E-state index is -0.0588. The van der Waals surface area contributed by atoms with Crippen molar-refractivity contribution >= 4 is 44.0 Å². The van der Waals surface area contributed by atoms with Crippen LogP contribution in [0.15, 0.2) is 18.2 Å². The zero-order valence-corrected chi connectivity index (χ0v) is 10.1. The van der Waals surface area contributed by atoms with Gasteiger partial charge in [0.15, 0.2) is 5.13 Å². The second-order valence-electron chi connectivity index (χ2n) is 2.84. The number of halogens is 2. The summed E-state index contributed by atoms with van der Waals surface area (Å²) < 4.78 is 15.1. The van der Waals surface area contributed by atoms with Crippen LogP contribution in [0.4, 0.5) is 4.39 Å². The van der Waals surface area contributed by atoms with Crippen molar-refractivity contribution in [2.45, 2.75) is 13.3 Å². The summed E-state index contributed by atoms with van der Waals surface area (Å²) in [6, 6.07) is 6.04. The Kier molecular flexibility index (Phi) is 2.55. The molecule has 0 fully saturated rings. The highest BCUT2D eigenvalue weighted by Crippen LogP contribution is 2.33. The van der Waals surface area contributed by atoms with E-state index in [0.717, 1.165) is 20.1 Å². The summed E-state index contributed by atoms with van der Waals surface area (Å²) in [6.45, 7) is 2.10. The SMILES string of the molecule is CCc1cccc2c(I)c(F)sc12. The maximum atomic E-state index is 13.3. The Morgan fingerprint density at radius 1 is 1.46 bits per heavy atom. The first-order valence-electron chi connectivity index (χ1n) is 4.09. The standard InChI is InChI=1S/C10H8FIS/c1-2-6-4-3-5-7-8(12)10(11)13-9(6)7/h3-5H,2H2,1H3. The van der Waals surface area contributed by atoms with Gasteiger partial charge in [0.2, 0.25) is 0 Å². The number of aryl methyl sites for hydroxylation is 1. The molecule has 2 rings (SSSR count). The second-order valence-corrected chi connectivity index (χ2v) is 4.89. The van der Waals surface area contributed by atoms with E-state index >= 15 is 0 Å². The van der Waals surface area contributed by atoms with Crippen molar-refractivity contribution < 1.29 is 4.39 Å². The summed E-state index contributed by atoms with van der Waals surface area (Å²) >= 11 is 3.32. The van der Waals surface area contributed by atoms with Crippen molar-refractivity contribution in [3.8, 4) is 0 Å². The predicted octanol–water partition coefficient (Wildman–Crippen LogP) is 4.21. The lowest BCUT2D eigenvalue weighted by Crippen LogP contribution is -1.78. The van der Waals surface area contributed by atoms with Gasteiger partial charge < -0.3 is 0 Å². The minimum Gasteiger partial charge on any atom is -0.194 e. The van der Waals surface area contributed by atoms with E-state index in [1.165, 1.54) is 16.9 Å². The molecule has 0 saturated heterocycles. The van der Waals surface area contributed by atoms with Gasteiger partial charge in [-0.1, -0.05) is 25.1 Å². The van der Waals surface area contributed by atoms with Gasteiger partial charge in [-0.05, 0) is 34.6 Å². The van der Waals surface area contributed by atoms with Crippen LogP contribution in [0.2, 0.25) is 0 Å². The van der Waals surface area contributed by atoms with Crippen LogP contribution in [0.5, 0.6) is 0 Å². The molecule has 0 unspecified atom stereocenters. The molecule has 1 aromatic carbocycles. The van der Waals surface area contributed by atoms with E-state index in [1.54, 1.807) is 0 Å². The van der Waals surface area contributed by atoms with Crippen molar-refractivity contribution in [3.63, 3.8) is 0 Å². The number of benzene rings is 1. The topological polar surface area (TPSA) is 0 Å². The molecule has 68 valence electrons. The zero-order valence-electron chi connectivity index (χ0n) is 7.10. The first-order chi connectivity index (χ1) is 6.24. The van der Waals surface area contributed by atoms with Crippen LogP contribution < -0.4 is 0 Å². The molecule has 0 atom stereocenters. The Bertz CT molecular complexity index is 447. The molecule has 0 amide bonds. The van der Waals surface area contributed by atoms with E-state index in [1.807, 2.05) is 12.1 Å². The fourth-order valence-electron chi connectivity index (χ4n) is 1.40. The molecule has 0 nitrogen and oxygen atoms in total. The molecule has 0 aliphatic heterocycles. The lowest BCUT2D eigenvalue weighted by Gasteiger charge is -1.97. The van der Waals surface area contributed by atoms with E-state index < -0.39 is 0 Å². The number of hydrogen-bond acceptors (Lipinski definition) is 1. The molecule has 0 aliphatic carbocycles. The first kappa shape index (κ1) is 9.40. The van der Waals surface area contributed by atoms with E-state index in [0.29, 0.717) is 0 Å². The molecular formula is C10H8FIS. The van der Waals surface area contributed by atoms with Gasteiger partial charge in [0.25, 0.3) is 0 Å². The Morgan fingerprint density at radius 2 is 2.23 bits per heavy atom. The minimum absolute atomic E-state index is 0.0588. The highest BCUT2D eigenvalue weighted by Gasteiger charge is 2.10. The third-order valence-corrected chi connectivity index (χ3v) is 4.57. The van der Waals surface area contributed by atoms with Crippen LogP contribution in [0.25, 0.3) is 10.1 Å². The number of thiophene rings is 1. The summed E-state index contributed by atoms with van der Waals surface area (Å²) in [4.78, 5) is 0. The third-order valence-electron chi connectivity index (χ3n) is 2.08. The van der Waals surface area contributed by atoms with Crippen LogP contribution in [-0.2, 0) is 6.42 Å². The van der Waals surface area contributed by atoms with E-state index in [-0.39, 0.29) is 5.13 Å². The highest BCUT2D eigenvalue weighted by molar-refractivity contribution is 14.1. The molecule has 0 aliphatic rings. The molecule has 0 radical (unpaired) electrons. The summed E-state index contributed by atoms with van der Waals surface area (Å²) in [5.74, 6) is 0. The summed E-state index contributed by atoms with van der Waals surface area (Å²) in [5, 5.41) is 0.999. The normalized spacial score (nSPS) is 11.0. The quantitative estimate of drug-likeness (QED) is 0.692. The fourth-order valence-corrected chi connectivity index (χ4v) is 3.36. The molecule has 2 aromatic rings. The fraction of sp³-hybridized carbons (Fsp3) is 0.200. The van der Waals surface area contributed by atoms with E-state index in [9.17, 15) is 4.39 Å². The second kappa shape index (κ2) is 3.53. The van der Waals surface area contributed by atoms with Crippen molar-refractivity contribution in [1.29, 1.82) is 0 Å². The van der Waals surface area contributed by atoms with Crippen molar-refractivity contribution in [2.75, 3.05) is 0 Å². The molecule has 13 heavy (non-hydrogen) atoms. The maximum Gasteiger partial charge on any atom is 0.190 e. The summed E-state index contributed by atoms with van der Waals surface area (Å²) in [7, 11) is 0. The highest BCUT2D eigenvalue weighted by atomic mass is 127. The molecule has 0 spiro atoms. The van der Waals surface area contributed by atoms with Crippen molar-refractivity contribution in [2.24, 2.45) is 0 Å². The third kappa shape index (κ3) is 1.48. The Hall–Kier alpha value is -0.160. The van der Waals surface area contributed by atoms with E-state index in [4.69, 9.17) is 0 Å². The number of hydrogen-bond donors (Lipinski definition) is 0. The van der Waals surface area contributed by atoms with Gasteiger partial charge in [-0.25, -0.2) is 0 Å². The first-order valence-corrected chi connectivity index (χ1v) is 5.99. The summed E-state index contributed by atoms with van der Waals surface area (Å²) in [5.41, 5.74) is 1.24. The average molecular weight is 306 g/mol. The molecular weight excluding hydrogens is 298 g/mol. The molecule has 1 heterocycles. The molecule has 1 aromatic heterocycles. The smallest absolute Gasteiger partial charge is 0.190 e. The van der Waals surface area contributed by atoms with Gasteiger partial charge in [0, 0.05) is 10.1 Å². The van der Waals surface area contributed by atoms with Crippen LogP contribution >= 0.6 is 33.9 Å².